The number of hydrogen-bond acceptors (Lipinski definition) is 3. The zero-order chi connectivity index (χ0) is 14.1. The molecular formula is C14H21N3O2. The van der Waals surface area contributed by atoms with Gasteiger partial charge in [-0.3, -0.25) is 9.59 Å². The lowest BCUT2D eigenvalue weighted by Gasteiger charge is -2.09. The van der Waals surface area contributed by atoms with E-state index >= 15 is 0 Å². The highest BCUT2D eigenvalue weighted by atomic mass is 16.2. The van der Waals surface area contributed by atoms with E-state index in [1.165, 1.54) is 6.92 Å². The van der Waals surface area contributed by atoms with E-state index in [1.807, 2.05) is 12.1 Å². The highest BCUT2D eigenvalue weighted by molar-refractivity contribution is 5.89. The highest BCUT2D eigenvalue weighted by Crippen LogP contribution is 2.14. The number of nitrogens with one attached hydrogen (secondary N) is 3. The minimum Gasteiger partial charge on any atom is -0.376 e. The van der Waals surface area contributed by atoms with Crippen molar-refractivity contribution in [1.82, 2.24) is 5.32 Å². The molecule has 0 aliphatic carbocycles. The third kappa shape index (κ3) is 6.45. The Kier molecular flexibility index (Phi) is 6.43. The van der Waals surface area contributed by atoms with Crippen molar-refractivity contribution in [3.63, 3.8) is 0 Å². The van der Waals surface area contributed by atoms with Crippen molar-refractivity contribution in [2.45, 2.75) is 26.7 Å². The Balaban J connectivity index is 2.40. The van der Waals surface area contributed by atoms with Gasteiger partial charge in [0, 0.05) is 24.8 Å². The molecule has 19 heavy (non-hydrogen) atoms. The smallest absolute Gasteiger partial charge is 0.239 e. The SMILES string of the molecule is CCCCNC(=O)CNc1cccc(NC(C)=O)c1. The zero-order valence-corrected chi connectivity index (χ0v) is 11.5. The van der Waals surface area contributed by atoms with Gasteiger partial charge in [-0.1, -0.05) is 19.4 Å². The molecule has 5 heteroatoms. The zero-order valence-electron chi connectivity index (χ0n) is 11.5. The lowest BCUT2D eigenvalue weighted by atomic mass is 10.2. The van der Waals surface area contributed by atoms with Gasteiger partial charge in [0.25, 0.3) is 0 Å². The highest BCUT2D eigenvalue weighted by Gasteiger charge is 2.01. The molecule has 1 aromatic carbocycles. The Labute approximate surface area is 113 Å². The molecule has 0 fully saturated rings. The summed E-state index contributed by atoms with van der Waals surface area (Å²) >= 11 is 0. The van der Waals surface area contributed by atoms with E-state index in [2.05, 4.69) is 22.9 Å². The van der Waals surface area contributed by atoms with Crippen molar-refractivity contribution in [2.75, 3.05) is 23.7 Å². The lowest BCUT2D eigenvalue weighted by Crippen LogP contribution is -2.30. The van der Waals surface area contributed by atoms with Crippen LogP contribution in [0, 0.1) is 0 Å². The van der Waals surface area contributed by atoms with Gasteiger partial charge in [-0.2, -0.15) is 0 Å². The molecule has 0 saturated heterocycles. The summed E-state index contributed by atoms with van der Waals surface area (Å²) in [5, 5.41) is 8.55. The monoisotopic (exact) mass is 263 g/mol. The summed E-state index contributed by atoms with van der Waals surface area (Å²) in [5.41, 5.74) is 1.51. The van der Waals surface area contributed by atoms with Crippen LogP contribution in [0.25, 0.3) is 0 Å². The van der Waals surface area contributed by atoms with Crippen molar-refractivity contribution in [3.05, 3.63) is 24.3 Å². The van der Waals surface area contributed by atoms with Crippen LogP contribution in [-0.2, 0) is 9.59 Å². The van der Waals surface area contributed by atoms with E-state index in [0.717, 1.165) is 18.5 Å². The Bertz CT molecular complexity index is 432. The minimum atomic E-state index is -0.116. The summed E-state index contributed by atoms with van der Waals surface area (Å²) in [6, 6.07) is 7.27. The van der Waals surface area contributed by atoms with Crippen LogP contribution in [0.1, 0.15) is 26.7 Å². The van der Waals surface area contributed by atoms with Gasteiger partial charge in [0.2, 0.25) is 11.8 Å². The molecule has 0 saturated carbocycles. The predicted octanol–water partition coefficient (Wildman–Crippen LogP) is 1.97. The van der Waals surface area contributed by atoms with Crippen molar-refractivity contribution in [2.24, 2.45) is 0 Å². The first-order valence-corrected chi connectivity index (χ1v) is 6.50. The number of unbranched alkanes of at least 4 members (excludes halogenated alkanes) is 1. The minimum absolute atomic E-state index is 0.0293. The van der Waals surface area contributed by atoms with E-state index in [-0.39, 0.29) is 18.4 Å². The molecule has 0 heterocycles. The molecule has 0 radical (unpaired) electrons. The summed E-state index contributed by atoms with van der Waals surface area (Å²) in [4.78, 5) is 22.5. The third-order valence-electron chi connectivity index (χ3n) is 2.49. The number of anilines is 2. The second kappa shape index (κ2) is 8.13. The Morgan fingerprint density at radius 2 is 1.95 bits per heavy atom. The normalized spacial score (nSPS) is 9.79. The molecule has 0 unspecified atom stereocenters. The second-order valence-electron chi connectivity index (χ2n) is 4.32. The summed E-state index contributed by atoms with van der Waals surface area (Å²) in [7, 11) is 0. The summed E-state index contributed by atoms with van der Waals surface area (Å²) in [6.07, 6.45) is 2.05. The lowest BCUT2D eigenvalue weighted by molar-refractivity contribution is -0.119. The molecule has 5 nitrogen and oxygen atoms in total. The van der Waals surface area contributed by atoms with Gasteiger partial charge >= 0.3 is 0 Å². The molecule has 0 aromatic heterocycles. The fraction of sp³-hybridized carbons (Fsp3) is 0.429. The first-order valence-electron chi connectivity index (χ1n) is 6.50. The quantitative estimate of drug-likeness (QED) is 0.659. The van der Waals surface area contributed by atoms with Gasteiger partial charge < -0.3 is 16.0 Å². The maximum Gasteiger partial charge on any atom is 0.239 e. The van der Waals surface area contributed by atoms with Crippen LogP contribution in [-0.4, -0.2) is 24.9 Å². The molecule has 1 aromatic rings. The number of hydrogen-bond donors (Lipinski definition) is 3. The molecule has 3 N–H and O–H groups in total. The molecule has 0 spiro atoms. The maximum absolute atomic E-state index is 11.5. The van der Waals surface area contributed by atoms with E-state index in [0.29, 0.717) is 12.2 Å². The Morgan fingerprint density at radius 3 is 2.63 bits per heavy atom. The average Bonchev–Trinajstić information content (AvgIpc) is 2.36. The summed E-state index contributed by atoms with van der Waals surface area (Å²) in [6.45, 7) is 4.48. The van der Waals surface area contributed by atoms with Gasteiger partial charge in [0.15, 0.2) is 0 Å². The van der Waals surface area contributed by atoms with E-state index < -0.39 is 0 Å². The van der Waals surface area contributed by atoms with Crippen LogP contribution in [0.3, 0.4) is 0 Å². The molecule has 0 bridgehead atoms. The van der Waals surface area contributed by atoms with Crippen LogP contribution in [0.5, 0.6) is 0 Å². The molecule has 104 valence electrons. The van der Waals surface area contributed by atoms with Gasteiger partial charge in [-0.05, 0) is 24.6 Å². The maximum atomic E-state index is 11.5. The average molecular weight is 263 g/mol. The topological polar surface area (TPSA) is 70.2 Å². The van der Waals surface area contributed by atoms with Crippen molar-refractivity contribution >= 4 is 23.2 Å². The number of carbonyl (C=O) groups is 2. The fourth-order valence-electron chi connectivity index (χ4n) is 1.56. The third-order valence-corrected chi connectivity index (χ3v) is 2.49. The van der Waals surface area contributed by atoms with Gasteiger partial charge in [0.05, 0.1) is 6.54 Å². The molecular weight excluding hydrogens is 242 g/mol. The Morgan fingerprint density at radius 1 is 1.21 bits per heavy atom. The van der Waals surface area contributed by atoms with E-state index in [4.69, 9.17) is 0 Å². The standard InChI is InChI=1S/C14H21N3O2/c1-3-4-8-15-14(19)10-16-12-6-5-7-13(9-12)17-11(2)18/h5-7,9,16H,3-4,8,10H2,1-2H3,(H,15,19)(H,17,18). The summed E-state index contributed by atoms with van der Waals surface area (Å²) in [5.74, 6) is -0.146. The molecule has 1 rings (SSSR count). The van der Waals surface area contributed by atoms with Crippen LogP contribution < -0.4 is 16.0 Å². The largest absolute Gasteiger partial charge is 0.376 e. The predicted molar refractivity (Wildman–Crippen MR) is 77.2 cm³/mol. The molecule has 0 aliphatic heterocycles. The van der Waals surface area contributed by atoms with Crippen LogP contribution in [0.4, 0.5) is 11.4 Å². The molecule has 0 aliphatic rings. The van der Waals surface area contributed by atoms with E-state index in [1.54, 1.807) is 12.1 Å². The van der Waals surface area contributed by atoms with Gasteiger partial charge in [-0.15, -0.1) is 0 Å². The van der Waals surface area contributed by atoms with E-state index in [9.17, 15) is 9.59 Å². The van der Waals surface area contributed by atoms with Crippen LogP contribution in [0.15, 0.2) is 24.3 Å². The number of benzene rings is 1. The van der Waals surface area contributed by atoms with Crippen molar-refractivity contribution in [3.8, 4) is 0 Å². The number of carbonyl (C=O) groups excluding carboxylic acids is 2. The van der Waals surface area contributed by atoms with Crippen LogP contribution >= 0.6 is 0 Å². The summed E-state index contributed by atoms with van der Waals surface area (Å²) < 4.78 is 0. The molecule has 0 atom stereocenters. The van der Waals surface area contributed by atoms with Crippen molar-refractivity contribution in [1.29, 1.82) is 0 Å². The second-order valence-corrected chi connectivity index (χ2v) is 4.32. The number of amides is 2. The fourth-order valence-corrected chi connectivity index (χ4v) is 1.56. The van der Waals surface area contributed by atoms with Gasteiger partial charge in [0.1, 0.15) is 0 Å². The number of rotatable bonds is 7. The Hall–Kier alpha value is -2.04. The van der Waals surface area contributed by atoms with Gasteiger partial charge in [-0.25, -0.2) is 0 Å². The molecule has 2 amide bonds. The first-order chi connectivity index (χ1) is 9.11. The first kappa shape index (κ1) is 15.0. The van der Waals surface area contributed by atoms with Crippen LogP contribution in [0.2, 0.25) is 0 Å². The van der Waals surface area contributed by atoms with Crippen molar-refractivity contribution < 1.29 is 9.59 Å².